The molecule has 2 N–H and O–H groups in total. The fourth-order valence-electron chi connectivity index (χ4n) is 1.83. The number of rotatable bonds is 2. The highest BCUT2D eigenvalue weighted by atomic mass is 35.5. The summed E-state index contributed by atoms with van der Waals surface area (Å²) in [6, 6.07) is 11.6. The second kappa shape index (κ2) is 4.68. The number of halogens is 1. The zero-order valence-corrected chi connectivity index (χ0v) is 10.6. The van der Waals surface area contributed by atoms with E-state index in [-0.39, 0.29) is 0 Å². The number of ether oxygens (including phenoxy) is 1. The van der Waals surface area contributed by atoms with Gasteiger partial charge in [-0.25, -0.2) is 0 Å². The van der Waals surface area contributed by atoms with E-state index in [1.807, 2.05) is 43.3 Å². The summed E-state index contributed by atoms with van der Waals surface area (Å²) in [7, 11) is 1.62. The van der Waals surface area contributed by atoms with E-state index in [9.17, 15) is 0 Å². The Morgan fingerprint density at radius 1 is 1.12 bits per heavy atom. The van der Waals surface area contributed by atoms with Crippen molar-refractivity contribution in [1.29, 1.82) is 0 Å². The molecule has 0 amide bonds. The summed E-state index contributed by atoms with van der Waals surface area (Å²) < 4.78 is 5.23. The highest BCUT2D eigenvalue weighted by Crippen LogP contribution is 2.32. The van der Waals surface area contributed by atoms with Gasteiger partial charge in [0, 0.05) is 5.02 Å². The molecule has 2 rings (SSSR count). The van der Waals surface area contributed by atoms with Gasteiger partial charge in [-0.2, -0.15) is 0 Å². The van der Waals surface area contributed by atoms with Gasteiger partial charge >= 0.3 is 0 Å². The number of benzene rings is 2. The first-order valence-corrected chi connectivity index (χ1v) is 5.69. The Balaban J connectivity index is 2.55. The molecule has 0 heterocycles. The molecule has 2 aromatic rings. The first-order chi connectivity index (χ1) is 8.11. The molecule has 0 atom stereocenters. The monoisotopic (exact) mass is 247 g/mol. The van der Waals surface area contributed by atoms with Gasteiger partial charge in [-0.05, 0) is 47.9 Å². The molecule has 2 aromatic carbocycles. The molecule has 0 fully saturated rings. The standard InChI is InChI=1S/C14H14ClNO/c1-9-7-13(16)14(17-2)8-12(9)10-3-5-11(15)6-4-10/h3-8H,16H2,1-2H3. The molecule has 0 saturated heterocycles. The van der Waals surface area contributed by atoms with E-state index in [0.29, 0.717) is 11.4 Å². The fourth-order valence-corrected chi connectivity index (χ4v) is 1.95. The first kappa shape index (κ1) is 11.8. The van der Waals surface area contributed by atoms with E-state index in [2.05, 4.69) is 0 Å². The molecule has 0 aliphatic rings. The van der Waals surface area contributed by atoms with Gasteiger partial charge in [0.05, 0.1) is 12.8 Å². The Morgan fingerprint density at radius 2 is 1.76 bits per heavy atom. The third-order valence-corrected chi connectivity index (χ3v) is 2.98. The lowest BCUT2D eigenvalue weighted by molar-refractivity contribution is 0.417. The van der Waals surface area contributed by atoms with E-state index < -0.39 is 0 Å². The highest BCUT2D eigenvalue weighted by Gasteiger charge is 2.07. The number of methoxy groups -OCH3 is 1. The Labute approximate surface area is 106 Å². The van der Waals surface area contributed by atoms with Crippen LogP contribution >= 0.6 is 11.6 Å². The smallest absolute Gasteiger partial charge is 0.142 e. The van der Waals surface area contributed by atoms with Crippen LogP contribution in [0.5, 0.6) is 5.75 Å². The third kappa shape index (κ3) is 2.37. The summed E-state index contributed by atoms with van der Waals surface area (Å²) in [5, 5.41) is 0.730. The van der Waals surface area contributed by atoms with Gasteiger partial charge in [0.15, 0.2) is 0 Å². The van der Waals surface area contributed by atoms with Crippen LogP contribution in [0.3, 0.4) is 0 Å². The van der Waals surface area contributed by atoms with Crippen molar-refractivity contribution in [3.05, 3.63) is 47.0 Å². The van der Waals surface area contributed by atoms with E-state index in [0.717, 1.165) is 21.7 Å². The van der Waals surface area contributed by atoms with Crippen LogP contribution in [0.4, 0.5) is 5.69 Å². The van der Waals surface area contributed by atoms with E-state index >= 15 is 0 Å². The van der Waals surface area contributed by atoms with Crippen molar-refractivity contribution in [2.75, 3.05) is 12.8 Å². The molecule has 3 heteroatoms. The van der Waals surface area contributed by atoms with Crippen LogP contribution in [0.2, 0.25) is 5.02 Å². The molecule has 0 aromatic heterocycles. The molecule has 88 valence electrons. The van der Waals surface area contributed by atoms with Crippen LogP contribution in [-0.2, 0) is 0 Å². The molecule has 0 spiro atoms. The lowest BCUT2D eigenvalue weighted by Crippen LogP contribution is -1.94. The molecule has 0 aliphatic carbocycles. The first-order valence-electron chi connectivity index (χ1n) is 5.32. The van der Waals surface area contributed by atoms with E-state index in [1.54, 1.807) is 7.11 Å². The maximum atomic E-state index is 5.88. The summed E-state index contributed by atoms with van der Waals surface area (Å²) in [4.78, 5) is 0. The molecule has 0 aliphatic heterocycles. The lowest BCUT2D eigenvalue weighted by atomic mass is 9.99. The molecule has 0 unspecified atom stereocenters. The normalized spacial score (nSPS) is 10.3. The Bertz CT molecular complexity index is 535. The van der Waals surface area contributed by atoms with Crippen molar-refractivity contribution < 1.29 is 4.74 Å². The van der Waals surface area contributed by atoms with Crippen molar-refractivity contribution in [1.82, 2.24) is 0 Å². The van der Waals surface area contributed by atoms with Gasteiger partial charge in [-0.15, -0.1) is 0 Å². The lowest BCUT2D eigenvalue weighted by Gasteiger charge is -2.11. The van der Waals surface area contributed by atoms with Crippen LogP contribution in [0.15, 0.2) is 36.4 Å². The quantitative estimate of drug-likeness (QED) is 0.817. The van der Waals surface area contributed by atoms with Crippen LogP contribution in [0.1, 0.15) is 5.56 Å². The largest absolute Gasteiger partial charge is 0.495 e. The van der Waals surface area contributed by atoms with Gasteiger partial charge in [-0.1, -0.05) is 23.7 Å². The van der Waals surface area contributed by atoms with Gasteiger partial charge in [0.2, 0.25) is 0 Å². The van der Waals surface area contributed by atoms with Gasteiger partial charge < -0.3 is 10.5 Å². The average Bonchev–Trinajstić information content (AvgIpc) is 2.31. The average molecular weight is 248 g/mol. The summed E-state index contributed by atoms with van der Waals surface area (Å²) in [6.45, 7) is 2.03. The van der Waals surface area contributed by atoms with E-state index in [1.165, 1.54) is 0 Å². The molecule has 17 heavy (non-hydrogen) atoms. The Morgan fingerprint density at radius 3 is 2.35 bits per heavy atom. The van der Waals surface area contributed by atoms with Crippen molar-refractivity contribution in [3.8, 4) is 16.9 Å². The zero-order valence-electron chi connectivity index (χ0n) is 9.83. The molecule has 2 nitrogen and oxygen atoms in total. The summed E-state index contributed by atoms with van der Waals surface area (Å²) in [6.07, 6.45) is 0. The molecule has 0 saturated carbocycles. The Kier molecular flexibility index (Phi) is 3.25. The van der Waals surface area contributed by atoms with Crippen molar-refractivity contribution >= 4 is 17.3 Å². The Hall–Kier alpha value is -1.67. The molecular weight excluding hydrogens is 234 g/mol. The zero-order chi connectivity index (χ0) is 12.4. The van der Waals surface area contributed by atoms with Crippen LogP contribution < -0.4 is 10.5 Å². The number of aryl methyl sites for hydroxylation is 1. The predicted molar refractivity (Wildman–Crippen MR) is 72.6 cm³/mol. The minimum atomic E-state index is 0.655. The summed E-state index contributed by atoms with van der Waals surface area (Å²) in [5.41, 5.74) is 9.83. The van der Waals surface area contributed by atoms with Crippen LogP contribution in [-0.4, -0.2) is 7.11 Å². The van der Waals surface area contributed by atoms with Crippen molar-refractivity contribution in [3.63, 3.8) is 0 Å². The molecular formula is C14H14ClNO. The number of hydrogen-bond acceptors (Lipinski definition) is 2. The SMILES string of the molecule is COc1cc(-c2ccc(Cl)cc2)c(C)cc1N. The third-order valence-electron chi connectivity index (χ3n) is 2.73. The number of nitrogen functional groups attached to an aromatic ring is 1. The highest BCUT2D eigenvalue weighted by molar-refractivity contribution is 6.30. The van der Waals surface area contributed by atoms with Crippen LogP contribution in [0.25, 0.3) is 11.1 Å². The molecule has 0 bridgehead atoms. The van der Waals surface area contributed by atoms with Gasteiger partial charge in [0.1, 0.15) is 5.75 Å². The summed E-state index contributed by atoms with van der Waals surface area (Å²) >= 11 is 5.88. The van der Waals surface area contributed by atoms with Crippen molar-refractivity contribution in [2.24, 2.45) is 0 Å². The predicted octanol–water partition coefficient (Wildman–Crippen LogP) is 3.91. The number of nitrogens with two attached hydrogens (primary N) is 1. The van der Waals surface area contributed by atoms with Crippen LogP contribution in [0, 0.1) is 6.92 Å². The molecule has 0 radical (unpaired) electrons. The topological polar surface area (TPSA) is 35.2 Å². The van der Waals surface area contributed by atoms with Gasteiger partial charge in [-0.3, -0.25) is 0 Å². The number of anilines is 1. The van der Waals surface area contributed by atoms with Crippen molar-refractivity contribution in [2.45, 2.75) is 6.92 Å². The second-order valence-corrected chi connectivity index (χ2v) is 4.35. The second-order valence-electron chi connectivity index (χ2n) is 3.92. The maximum absolute atomic E-state index is 5.88. The van der Waals surface area contributed by atoms with E-state index in [4.69, 9.17) is 22.1 Å². The summed E-state index contributed by atoms with van der Waals surface area (Å²) in [5.74, 6) is 0.695. The fraction of sp³-hybridized carbons (Fsp3) is 0.143. The minimum Gasteiger partial charge on any atom is -0.495 e. The maximum Gasteiger partial charge on any atom is 0.142 e. The number of hydrogen-bond donors (Lipinski definition) is 1. The minimum absolute atomic E-state index is 0.655. The van der Waals surface area contributed by atoms with Gasteiger partial charge in [0.25, 0.3) is 0 Å².